The maximum atomic E-state index is 12.1. The molecule has 0 unspecified atom stereocenters. The largest absolute Gasteiger partial charge is 0.433 e. The SMILES string of the molecule is O=C(c1ccncc1)c1ccc(OC(F)F)c(Cl)c1. The van der Waals surface area contributed by atoms with Crippen molar-refractivity contribution < 1.29 is 18.3 Å². The number of benzene rings is 1. The summed E-state index contributed by atoms with van der Waals surface area (Å²) in [6.07, 6.45) is 2.98. The maximum absolute atomic E-state index is 12.1. The van der Waals surface area contributed by atoms with Crippen molar-refractivity contribution >= 4 is 17.4 Å². The predicted octanol–water partition coefficient (Wildman–Crippen LogP) is 3.57. The Hall–Kier alpha value is -2.01. The van der Waals surface area contributed by atoms with E-state index in [-0.39, 0.29) is 22.1 Å². The van der Waals surface area contributed by atoms with Crippen LogP contribution in [0.25, 0.3) is 0 Å². The number of carbonyl (C=O) groups excluding carboxylic acids is 1. The number of nitrogens with zero attached hydrogens (tertiary/aromatic N) is 1. The molecule has 0 amide bonds. The Bertz CT molecular complexity index is 590. The average molecular weight is 284 g/mol. The van der Waals surface area contributed by atoms with E-state index >= 15 is 0 Å². The zero-order valence-corrected chi connectivity index (χ0v) is 10.3. The summed E-state index contributed by atoms with van der Waals surface area (Å²) >= 11 is 5.78. The molecule has 0 fully saturated rings. The Kier molecular flexibility index (Phi) is 4.06. The molecule has 3 nitrogen and oxygen atoms in total. The van der Waals surface area contributed by atoms with Gasteiger partial charge < -0.3 is 4.74 Å². The molecule has 0 bridgehead atoms. The second-order valence-electron chi connectivity index (χ2n) is 3.59. The van der Waals surface area contributed by atoms with Crippen LogP contribution >= 0.6 is 11.6 Å². The number of pyridine rings is 1. The molecule has 0 aliphatic rings. The third-order valence-electron chi connectivity index (χ3n) is 2.35. The summed E-state index contributed by atoms with van der Waals surface area (Å²) in [4.78, 5) is 15.9. The molecule has 0 spiro atoms. The van der Waals surface area contributed by atoms with Gasteiger partial charge in [-0.15, -0.1) is 0 Å². The second-order valence-corrected chi connectivity index (χ2v) is 4.00. The number of hydrogen-bond acceptors (Lipinski definition) is 3. The van der Waals surface area contributed by atoms with Crippen LogP contribution in [0.2, 0.25) is 5.02 Å². The zero-order valence-electron chi connectivity index (χ0n) is 9.52. The van der Waals surface area contributed by atoms with E-state index in [0.717, 1.165) is 0 Å². The lowest BCUT2D eigenvalue weighted by Crippen LogP contribution is -2.04. The molecule has 1 heterocycles. The van der Waals surface area contributed by atoms with Crippen LogP contribution in [0, 0.1) is 0 Å². The molecule has 0 atom stereocenters. The Morgan fingerprint density at radius 1 is 1.16 bits per heavy atom. The second kappa shape index (κ2) is 5.75. The van der Waals surface area contributed by atoms with Crippen LogP contribution < -0.4 is 4.74 Å². The molecule has 2 aromatic rings. The summed E-state index contributed by atoms with van der Waals surface area (Å²) in [7, 11) is 0. The van der Waals surface area contributed by atoms with Gasteiger partial charge in [-0.3, -0.25) is 9.78 Å². The number of ether oxygens (including phenoxy) is 1. The fourth-order valence-corrected chi connectivity index (χ4v) is 1.73. The first-order valence-electron chi connectivity index (χ1n) is 5.27. The molecule has 0 aliphatic heterocycles. The van der Waals surface area contributed by atoms with Crippen LogP contribution in [-0.2, 0) is 0 Å². The first kappa shape index (κ1) is 13.4. The smallest absolute Gasteiger partial charge is 0.387 e. The number of aromatic nitrogens is 1. The summed E-state index contributed by atoms with van der Waals surface area (Å²) in [5.74, 6) is -0.434. The molecular formula is C13H8ClF2NO2. The van der Waals surface area contributed by atoms with Crippen molar-refractivity contribution in [3.8, 4) is 5.75 Å². The van der Waals surface area contributed by atoms with Crippen molar-refractivity contribution in [2.75, 3.05) is 0 Å². The molecule has 19 heavy (non-hydrogen) atoms. The van der Waals surface area contributed by atoms with Crippen LogP contribution in [-0.4, -0.2) is 17.4 Å². The first-order valence-corrected chi connectivity index (χ1v) is 5.65. The number of alkyl halides is 2. The van der Waals surface area contributed by atoms with E-state index in [1.165, 1.54) is 30.6 Å². The van der Waals surface area contributed by atoms with Crippen molar-refractivity contribution in [1.82, 2.24) is 4.98 Å². The third kappa shape index (κ3) is 3.26. The minimum absolute atomic E-state index is 0.0415. The monoisotopic (exact) mass is 283 g/mol. The van der Waals surface area contributed by atoms with Gasteiger partial charge in [-0.1, -0.05) is 11.6 Å². The zero-order chi connectivity index (χ0) is 13.8. The van der Waals surface area contributed by atoms with E-state index in [1.807, 2.05) is 0 Å². The van der Waals surface area contributed by atoms with Gasteiger partial charge >= 0.3 is 6.61 Å². The topological polar surface area (TPSA) is 39.2 Å². The molecule has 0 radical (unpaired) electrons. The Balaban J connectivity index is 2.27. The number of ketones is 1. The van der Waals surface area contributed by atoms with Gasteiger partial charge in [0, 0.05) is 23.5 Å². The van der Waals surface area contributed by atoms with Gasteiger partial charge in [0.1, 0.15) is 5.75 Å². The molecule has 6 heteroatoms. The number of rotatable bonds is 4. The Morgan fingerprint density at radius 3 is 2.42 bits per heavy atom. The van der Waals surface area contributed by atoms with Gasteiger partial charge in [0.05, 0.1) is 5.02 Å². The molecule has 0 saturated heterocycles. The Labute approximate surface area is 112 Å². The fraction of sp³-hybridized carbons (Fsp3) is 0.0769. The molecule has 0 aliphatic carbocycles. The van der Waals surface area contributed by atoms with E-state index < -0.39 is 6.61 Å². The molecular weight excluding hydrogens is 276 g/mol. The number of hydrogen-bond donors (Lipinski definition) is 0. The molecule has 2 rings (SSSR count). The van der Waals surface area contributed by atoms with E-state index in [2.05, 4.69) is 9.72 Å². The first-order chi connectivity index (χ1) is 9.08. The summed E-state index contributed by atoms with van der Waals surface area (Å²) in [6.45, 7) is -2.96. The van der Waals surface area contributed by atoms with Gasteiger partial charge in [0.2, 0.25) is 0 Å². The standard InChI is InChI=1S/C13H8ClF2NO2/c14-10-7-9(1-2-11(10)19-13(15)16)12(18)8-3-5-17-6-4-8/h1-7,13H. The minimum atomic E-state index is -2.96. The van der Waals surface area contributed by atoms with E-state index in [4.69, 9.17) is 11.6 Å². The quantitative estimate of drug-likeness (QED) is 0.805. The lowest BCUT2D eigenvalue weighted by molar-refractivity contribution is -0.0497. The molecule has 98 valence electrons. The van der Waals surface area contributed by atoms with Crippen LogP contribution in [0.1, 0.15) is 15.9 Å². The summed E-state index contributed by atoms with van der Waals surface area (Å²) < 4.78 is 28.3. The molecule has 1 aromatic carbocycles. The van der Waals surface area contributed by atoms with Crippen LogP contribution in [0.15, 0.2) is 42.7 Å². The normalized spacial score (nSPS) is 10.5. The van der Waals surface area contributed by atoms with Gasteiger partial charge in [-0.2, -0.15) is 8.78 Å². The van der Waals surface area contributed by atoms with E-state index in [9.17, 15) is 13.6 Å². The van der Waals surface area contributed by atoms with Gasteiger partial charge in [0.25, 0.3) is 0 Å². The lowest BCUT2D eigenvalue weighted by Gasteiger charge is -2.08. The van der Waals surface area contributed by atoms with Crippen molar-refractivity contribution in [1.29, 1.82) is 0 Å². The lowest BCUT2D eigenvalue weighted by atomic mass is 10.0. The van der Waals surface area contributed by atoms with E-state index in [1.54, 1.807) is 12.1 Å². The highest BCUT2D eigenvalue weighted by molar-refractivity contribution is 6.32. The maximum Gasteiger partial charge on any atom is 0.387 e. The number of halogens is 3. The van der Waals surface area contributed by atoms with Crippen LogP contribution in [0.5, 0.6) is 5.75 Å². The summed E-state index contributed by atoms with van der Waals surface area (Å²) in [5, 5.41) is -0.0415. The van der Waals surface area contributed by atoms with Crippen LogP contribution in [0.4, 0.5) is 8.78 Å². The highest BCUT2D eigenvalue weighted by Gasteiger charge is 2.13. The van der Waals surface area contributed by atoms with Gasteiger partial charge in [-0.25, -0.2) is 0 Å². The average Bonchev–Trinajstić information content (AvgIpc) is 2.41. The predicted molar refractivity (Wildman–Crippen MR) is 65.8 cm³/mol. The van der Waals surface area contributed by atoms with E-state index in [0.29, 0.717) is 5.56 Å². The fourth-order valence-electron chi connectivity index (χ4n) is 1.50. The highest BCUT2D eigenvalue weighted by Crippen LogP contribution is 2.27. The van der Waals surface area contributed by atoms with Crippen molar-refractivity contribution in [3.05, 3.63) is 58.9 Å². The van der Waals surface area contributed by atoms with Gasteiger partial charge in [0.15, 0.2) is 5.78 Å². The Morgan fingerprint density at radius 2 is 1.84 bits per heavy atom. The van der Waals surface area contributed by atoms with Crippen LogP contribution in [0.3, 0.4) is 0 Å². The molecule has 0 saturated carbocycles. The summed E-state index contributed by atoms with van der Waals surface area (Å²) in [6, 6.07) is 7.02. The molecule has 0 N–H and O–H groups in total. The van der Waals surface area contributed by atoms with Crippen molar-refractivity contribution in [3.63, 3.8) is 0 Å². The van der Waals surface area contributed by atoms with Crippen molar-refractivity contribution in [2.45, 2.75) is 6.61 Å². The van der Waals surface area contributed by atoms with Gasteiger partial charge in [-0.05, 0) is 30.3 Å². The van der Waals surface area contributed by atoms with Crippen molar-refractivity contribution in [2.24, 2.45) is 0 Å². The minimum Gasteiger partial charge on any atom is -0.433 e. The highest BCUT2D eigenvalue weighted by atomic mass is 35.5. The molecule has 1 aromatic heterocycles. The third-order valence-corrected chi connectivity index (χ3v) is 2.65. The summed E-state index contributed by atoms with van der Waals surface area (Å²) in [5.41, 5.74) is 0.728. The number of carbonyl (C=O) groups is 1.